The van der Waals surface area contributed by atoms with Crippen LogP contribution in [0.2, 0.25) is 0 Å². The van der Waals surface area contributed by atoms with Crippen LogP contribution in [-0.2, 0) is 6.54 Å². The van der Waals surface area contributed by atoms with Crippen molar-refractivity contribution in [1.82, 2.24) is 9.55 Å². The molecule has 0 spiro atoms. The minimum atomic E-state index is 0.785. The van der Waals surface area contributed by atoms with Crippen LogP contribution in [0.15, 0.2) is 54.2 Å². The van der Waals surface area contributed by atoms with Gasteiger partial charge >= 0.3 is 0 Å². The standard InChI is InChI=1S/C23H25N3/c1-15(2)19-10-7-16(3)21(12-19)25-17(4)22-13-20-6-5-11-24-23(20)26(22)14-18-8-9-18/h5-7,10-13,18H,1,8-9,14H2,2-4H3/b25-17+. The lowest BCUT2D eigenvalue weighted by Gasteiger charge is -2.11. The smallest absolute Gasteiger partial charge is 0.140 e. The second-order valence-corrected chi connectivity index (χ2v) is 7.48. The van der Waals surface area contributed by atoms with E-state index in [4.69, 9.17) is 4.99 Å². The average Bonchev–Trinajstić information content (AvgIpc) is 3.36. The molecule has 4 rings (SSSR count). The number of aryl methyl sites for hydroxylation is 1. The number of fused-ring (bicyclic) bond motifs is 1. The number of aliphatic imine (C=N–C) groups is 1. The Morgan fingerprint density at radius 2 is 2.04 bits per heavy atom. The van der Waals surface area contributed by atoms with Gasteiger partial charge in [0.15, 0.2) is 0 Å². The van der Waals surface area contributed by atoms with Crippen LogP contribution in [-0.4, -0.2) is 15.3 Å². The maximum absolute atomic E-state index is 4.98. The molecule has 2 heterocycles. The molecule has 0 radical (unpaired) electrons. The average molecular weight is 343 g/mol. The Hall–Kier alpha value is -2.68. The van der Waals surface area contributed by atoms with E-state index in [1.165, 1.54) is 29.5 Å². The number of rotatable bonds is 5. The van der Waals surface area contributed by atoms with Gasteiger partial charge in [0.2, 0.25) is 0 Å². The van der Waals surface area contributed by atoms with Gasteiger partial charge in [-0.25, -0.2) is 4.98 Å². The number of allylic oxidation sites excluding steroid dienone is 1. The van der Waals surface area contributed by atoms with Crippen LogP contribution in [0.4, 0.5) is 5.69 Å². The number of hydrogen-bond donors (Lipinski definition) is 0. The second-order valence-electron chi connectivity index (χ2n) is 7.48. The van der Waals surface area contributed by atoms with E-state index >= 15 is 0 Å². The lowest BCUT2D eigenvalue weighted by molar-refractivity contribution is 0.639. The number of pyridine rings is 1. The van der Waals surface area contributed by atoms with Crippen molar-refractivity contribution in [2.24, 2.45) is 10.9 Å². The number of nitrogens with zero attached hydrogens (tertiary/aromatic N) is 3. The zero-order chi connectivity index (χ0) is 18.3. The van der Waals surface area contributed by atoms with Crippen molar-refractivity contribution >= 4 is 28.0 Å². The maximum atomic E-state index is 4.98. The molecule has 0 aliphatic heterocycles. The van der Waals surface area contributed by atoms with Crippen LogP contribution in [0.3, 0.4) is 0 Å². The van der Waals surface area contributed by atoms with Gasteiger partial charge in [0.05, 0.1) is 17.1 Å². The molecule has 1 fully saturated rings. The summed E-state index contributed by atoms with van der Waals surface area (Å²) in [5.74, 6) is 0.785. The fraction of sp³-hybridized carbons (Fsp3) is 0.304. The summed E-state index contributed by atoms with van der Waals surface area (Å²) in [5.41, 5.74) is 7.66. The van der Waals surface area contributed by atoms with E-state index in [-0.39, 0.29) is 0 Å². The minimum absolute atomic E-state index is 0.785. The first-order valence-corrected chi connectivity index (χ1v) is 9.29. The van der Waals surface area contributed by atoms with E-state index < -0.39 is 0 Å². The van der Waals surface area contributed by atoms with Crippen LogP contribution < -0.4 is 0 Å². The monoisotopic (exact) mass is 343 g/mol. The van der Waals surface area contributed by atoms with Crippen molar-refractivity contribution in [3.05, 3.63) is 66.0 Å². The summed E-state index contributed by atoms with van der Waals surface area (Å²) in [6, 6.07) is 12.7. The maximum Gasteiger partial charge on any atom is 0.140 e. The molecule has 1 aliphatic carbocycles. The summed E-state index contributed by atoms with van der Waals surface area (Å²) < 4.78 is 2.35. The molecule has 3 nitrogen and oxygen atoms in total. The first-order valence-electron chi connectivity index (χ1n) is 9.29. The van der Waals surface area contributed by atoms with Crippen molar-refractivity contribution in [3.8, 4) is 0 Å². The van der Waals surface area contributed by atoms with E-state index in [0.717, 1.165) is 40.6 Å². The van der Waals surface area contributed by atoms with Crippen LogP contribution in [0, 0.1) is 12.8 Å². The van der Waals surface area contributed by atoms with Gasteiger partial charge in [-0.2, -0.15) is 0 Å². The normalized spacial score (nSPS) is 14.8. The lowest BCUT2D eigenvalue weighted by Crippen LogP contribution is -2.09. The van der Waals surface area contributed by atoms with Gasteiger partial charge in [-0.3, -0.25) is 4.99 Å². The third kappa shape index (κ3) is 3.22. The van der Waals surface area contributed by atoms with E-state index in [9.17, 15) is 0 Å². The first-order chi connectivity index (χ1) is 12.5. The third-order valence-corrected chi connectivity index (χ3v) is 5.15. The Labute approximate surface area is 155 Å². The van der Waals surface area contributed by atoms with Gasteiger partial charge in [0.1, 0.15) is 5.65 Å². The zero-order valence-electron chi connectivity index (χ0n) is 15.8. The highest BCUT2D eigenvalue weighted by atomic mass is 15.1. The van der Waals surface area contributed by atoms with Gasteiger partial charge in [-0.05, 0) is 74.9 Å². The molecule has 132 valence electrons. The summed E-state index contributed by atoms with van der Waals surface area (Å²) in [6.45, 7) is 11.3. The minimum Gasteiger partial charge on any atom is -0.324 e. The molecule has 0 amide bonds. The summed E-state index contributed by atoms with van der Waals surface area (Å²) in [7, 11) is 0. The molecule has 1 saturated carbocycles. The van der Waals surface area contributed by atoms with Gasteiger partial charge in [0, 0.05) is 18.1 Å². The van der Waals surface area contributed by atoms with Crippen LogP contribution in [0.5, 0.6) is 0 Å². The predicted molar refractivity (Wildman–Crippen MR) is 110 cm³/mol. The van der Waals surface area contributed by atoms with Gasteiger partial charge in [-0.1, -0.05) is 24.3 Å². The highest BCUT2D eigenvalue weighted by Crippen LogP contribution is 2.33. The Bertz CT molecular complexity index is 1020. The molecule has 3 aromatic rings. The molecule has 3 heteroatoms. The molecular weight excluding hydrogens is 318 g/mol. The predicted octanol–water partition coefficient (Wildman–Crippen LogP) is 5.93. The van der Waals surface area contributed by atoms with Gasteiger partial charge < -0.3 is 4.57 Å². The molecule has 0 bridgehead atoms. The van der Waals surface area contributed by atoms with E-state index in [0.29, 0.717) is 0 Å². The highest BCUT2D eigenvalue weighted by molar-refractivity contribution is 6.02. The summed E-state index contributed by atoms with van der Waals surface area (Å²) in [5, 5.41) is 1.19. The molecule has 2 aromatic heterocycles. The SMILES string of the molecule is C=C(C)c1ccc(C)c(/N=C(\C)c2cc3cccnc3n2CC2CC2)c1. The molecule has 1 aromatic carbocycles. The summed E-state index contributed by atoms with van der Waals surface area (Å²) in [4.78, 5) is 9.61. The van der Waals surface area contributed by atoms with Crippen molar-refractivity contribution in [2.75, 3.05) is 0 Å². The Balaban J connectivity index is 1.80. The van der Waals surface area contributed by atoms with Crippen LogP contribution >= 0.6 is 0 Å². The van der Waals surface area contributed by atoms with Gasteiger partial charge in [0.25, 0.3) is 0 Å². The molecule has 0 N–H and O–H groups in total. The largest absolute Gasteiger partial charge is 0.324 e. The molecular formula is C23H25N3. The van der Waals surface area contributed by atoms with E-state index in [1.54, 1.807) is 0 Å². The summed E-state index contributed by atoms with van der Waals surface area (Å²) in [6.07, 6.45) is 4.52. The number of aromatic nitrogens is 2. The highest BCUT2D eigenvalue weighted by Gasteiger charge is 2.24. The van der Waals surface area contributed by atoms with Crippen molar-refractivity contribution in [1.29, 1.82) is 0 Å². The van der Waals surface area contributed by atoms with Crippen molar-refractivity contribution in [3.63, 3.8) is 0 Å². The van der Waals surface area contributed by atoms with E-state index in [1.807, 2.05) is 19.2 Å². The molecule has 0 atom stereocenters. The topological polar surface area (TPSA) is 30.2 Å². The fourth-order valence-electron chi connectivity index (χ4n) is 3.36. The summed E-state index contributed by atoms with van der Waals surface area (Å²) >= 11 is 0. The Morgan fingerprint density at radius 1 is 1.23 bits per heavy atom. The lowest BCUT2D eigenvalue weighted by atomic mass is 10.1. The van der Waals surface area contributed by atoms with Gasteiger partial charge in [-0.15, -0.1) is 0 Å². The third-order valence-electron chi connectivity index (χ3n) is 5.15. The Morgan fingerprint density at radius 3 is 2.77 bits per heavy atom. The van der Waals surface area contributed by atoms with Crippen LogP contribution in [0.25, 0.3) is 16.6 Å². The second kappa shape index (κ2) is 6.56. The molecule has 0 unspecified atom stereocenters. The quantitative estimate of drug-likeness (QED) is 0.528. The van der Waals surface area contributed by atoms with Crippen molar-refractivity contribution in [2.45, 2.75) is 40.2 Å². The Kier molecular flexibility index (Phi) is 4.23. The number of hydrogen-bond acceptors (Lipinski definition) is 2. The van der Waals surface area contributed by atoms with E-state index in [2.05, 4.69) is 60.3 Å². The number of benzene rings is 1. The molecule has 26 heavy (non-hydrogen) atoms. The first kappa shape index (κ1) is 16.8. The fourth-order valence-corrected chi connectivity index (χ4v) is 3.36. The van der Waals surface area contributed by atoms with Crippen LogP contribution in [0.1, 0.15) is 43.5 Å². The zero-order valence-corrected chi connectivity index (χ0v) is 15.8. The molecule has 0 saturated heterocycles. The molecule has 1 aliphatic rings. The van der Waals surface area contributed by atoms with Crippen molar-refractivity contribution < 1.29 is 0 Å².